The van der Waals surface area contributed by atoms with Gasteiger partial charge in [0.25, 0.3) is 0 Å². The Labute approximate surface area is 108 Å². The summed E-state index contributed by atoms with van der Waals surface area (Å²) in [4.78, 5) is 15.9. The van der Waals surface area contributed by atoms with Crippen LogP contribution in [0.5, 0.6) is 0 Å². The van der Waals surface area contributed by atoms with E-state index in [1.807, 2.05) is 13.8 Å². The molecule has 102 valence electrons. The Morgan fingerprint density at radius 3 is 2.72 bits per heavy atom. The standard InChI is InChI=1S/C12H22N4O2/c1-5-6-8(2)14-12(17)9(3)13-7-11-15-10(4)18-16-11/h8-9,13H,5-7H2,1-4H3,(H,14,17). The van der Waals surface area contributed by atoms with E-state index in [0.29, 0.717) is 18.3 Å². The molecule has 0 spiro atoms. The molecule has 1 heterocycles. The lowest BCUT2D eigenvalue weighted by Gasteiger charge is -2.17. The predicted octanol–water partition coefficient (Wildman–Crippen LogP) is 1.16. The van der Waals surface area contributed by atoms with Gasteiger partial charge in [-0.2, -0.15) is 4.98 Å². The monoisotopic (exact) mass is 254 g/mol. The third kappa shape index (κ3) is 4.83. The van der Waals surface area contributed by atoms with Crippen molar-refractivity contribution in [1.82, 2.24) is 20.8 Å². The molecule has 1 aromatic heterocycles. The lowest BCUT2D eigenvalue weighted by atomic mass is 10.2. The molecule has 18 heavy (non-hydrogen) atoms. The van der Waals surface area contributed by atoms with Gasteiger partial charge in [0.2, 0.25) is 11.8 Å². The van der Waals surface area contributed by atoms with Crippen molar-refractivity contribution in [2.24, 2.45) is 0 Å². The molecular formula is C12H22N4O2. The summed E-state index contributed by atoms with van der Waals surface area (Å²) in [6, 6.07) is -0.0673. The number of aromatic nitrogens is 2. The number of amides is 1. The molecule has 0 aliphatic heterocycles. The number of carbonyl (C=O) groups is 1. The Morgan fingerprint density at radius 2 is 2.17 bits per heavy atom. The first-order chi connectivity index (χ1) is 8.52. The summed E-state index contributed by atoms with van der Waals surface area (Å²) in [6.45, 7) is 8.09. The van der Waals surface area contributed by atoms with Gasteiger partial charge in [0.15, 0.2) is 5.82 Å². The summed E-state index contributed by atoms with van der Waals surface area (Å²) in [7, 11) is 0. The number of nitrogens with zero attached hydrogens (tertiary/aromatic N) is 2. The quantitative estimate of drug-likeness (QED) is 0.763. The van der Waals surface area contributed by atoms with E-state index < -0.39 is 0 Å². The molecule has 1 rings (SSSR count). The molecule has 1 aromatic rings. The third-order valence-corrected chi connectivity index (χ3v) is 2.64. The van der Waals surface area contributed by atoms with E-state index in [1.165, 1.54) is 0 Å². The Hall–Kier alpha value is -1.43. The molecule has 0 aliphatic rings. The summed E-state index contributed by atoms with van der Waals surface area (Å²) >= 11 is 0. The van der Waals surface area contributed by atoms with Gasteiger partial charge in [-0.1, -0.05) is 18.5 Å². The Balaban J connectivity index is 2.31. The molecule has 0 saturated carbocycles. The number of carbonyl (C=O) groups excluding carboxylic acids is 1. The molecular weight excluding hydrogens is 232 g/mol. The van der Waals surface area contributed by atoms with E-state index in [2.05, 4.69) is 27.7 Å². The van der Waals surface area contributed by atoms with Crippen LogP contribution >= 0.6 is 0 Å². The van der Waals surface area contributed by atoms with E-state index in [0.717, 1.165) is 12.8 Å². The lowest BCUT2D eigenvalue weighted by Crippen LogP contribution is -2.45. The summed E-state index contributed by atoms with van der Waals surface area (Å²) in [6.07, 6.45) is 2.05. The first-order valence-electron chi connectivity index (χ1n) is 6.35. The Kier molecular flexibility index (Phi) is 5.77. The van der Waals surface area contributed by atoms with Gasteiger partial charge in [0, 0.05) is 13.0 Å². The maximum absolute atomic E-state index is 11.8. The lowest BCUT2D eigenvalue weighted by molar-refractivity contribution is -0.123. The van der Waals surface area contributed by atoms with Crippen molar-refractivity contribution in [3.05, 3.63) is 11.7 Å². The molecule has 0 fully saturated rings. The highest BCUT2D eigenvalue weighted by atomic mass is 16.5. The first-order valence-corrected chi connectivity index (χ1v) is 6.35. The zero-order valence-electron chi connectivity index (χ0n) is 11.5. The average Bonchev–Trinajstić information content (AvgIpc) is 2.72. The molecule has 2 N–H and O–H groups in total. The maximum Gasteiger partial charge on any atom is 0.237 e. The summed E-state index contributed by atoms with van der Waals surface area (Å²) < 4.78 is 4.85. The highest BCUT2D eigenvalue weighted by Crippen LogP contribution is 1.97. The molecule has 2 atom stereocenters. The van der Waals surface area contributed by atoms with Crippen LogP contribution in [0.15, 0.2) is 4.52 Å². The molecule has 0 saturated heterocycles. The number of nitrogens with one attached hydrogen (secondary N) is 2. The summed E-state index contributed by atoms with van der Waals surface area (Å²) in [5.41, 5.74) is 0. The second kappa shape index (κ2) is 7.10. The van der Waals surface area contributed by atoms with Crippen molar-refractivity contribution in [3.8, 4) is 0 Å². The van der Waals surface area contributed by atoms with E-state index in [-0.39, 0.29) is 18.0 Å². The Morgan fingerprint density at radius 1 is 1.44 bits per heavy atom. The van der Waals surface area contributed by atoms with Crippen molar-refractivity contribution >= 4 is 5.91 Å². The minimum absolute atomic E-state index is 0.00355. The molecule has 6 nitrogen and oxygen atoms in total. The van der Waals surface area contributed by atoms with Gasteiger partial charge in [0.1, 0.15) is 0 Å². The normalized spacial score (nSPS) is 14.2. The zero-order chi connectivity index (χ0) is 13.5. The first kappa shape index (κ1) is 14.6. The second-order valence-corrected chi connectivity index (χ2v) is 4.53. The summed E-state index contributed by atoms with van der Waals surface area (Å²) in [5.74, 6) is 1.09. The van der Waals surface area contributed by atoms with E-state index in [9.17, 15) is 4.79 Å². The van der Waals surface area contributed by atoms with Crippen LogP contribution in [0.2, 0.25) is 0 Å². The van der Waals surface area contributed by atoms with E-state index in [4.69, 9.17) is 4.52 Å². The van der Waals surface area contributed by atoms with Crippen LogP contribution in [-0.4, -0.2) is 28.1 Å². The van der Waals surface area contributed by atoms with Crippen molar-refractivity contribution in [1.29, 1.82) is 0 Å². The topological polar surface area (TPSA) is 80.0 Å². The predicted molar refractivity (Wildman–Crippen MR) is 67.8 cm³/mol. The van der Waals surface area contributed by atoms with Crippen molar-refractivity contribution in [3.63, 3.8) is 0 Å². The SMILES string of the molecule is CCCC(C)NC(=O)C(C)NCc1noc(C)n1. The number of hydrogen-bond acceptors (Lipinski definition) is 5. The minimum atomic E-state index is -0.275. The average molecular weight is 254 g/mol. The van der Waals surface area contributed by atoms with Gasteiger partial charge in [-0.25, -0.2) is 0 Å². The van der Waals surface area contributed by atoms with Crippen molar-refractivity contribution in [2.75, 3.05) is 0 Å². The van der Waals surface area contributed by atoms with Crippen molar-refractivity contribution < 1.29 is 9.32 Å². The number of hydrogen-bond donors (Lipinski definition) is 2. The van der Waals surface area contributed by atoms with Crippen LogP contribution in [0.1, 0.15) is 45.3 Å². The van der Waals surface area contributed by atoms with E-state index >= 15 is 0 Å². The van der Waals surface area contributed by atoms with Gasteiger partial charge in [-0.15, -0.1) is 0 Å². The Bertz CT molecular complexity index is 378. The smallest absolute Gasteiger partial charge is 0.237 e. The fourth-order valence-electron chi connectivity index (χ4n) is 1.62. The molecule has 0 aliphatic carbocycles. The van der Waals surface area contributed by atoms with E-state index in [1.54, 1.807) is 6.92 Å². The van der Waals surface area contributed by atoms with Crippen LogP contribution in [0.4, 0.5) is 0 Å². The molecule has 0 bridgehead atoms. The molecule has 2 unspecified atom stereocenters. The van der Waals surface area contributed by atoms with Gasteiger partial charge >= 0.3 is 0 Å². The fourth-order valence-corrected chi connectivity index (χ4v) is 1.62. The second-order valence-electron chi connectivity index (χ2n) is 4.53. The van der Waals surface area contributed by atoms with Crippen LogP contribution in [0, 0.1) is 6.92 Å². The molecule has 0 radical (unpaired) electrons. The molecule has 6 heteroatoms. The van der Waals surface area contributed by atoms with Gasteiger partial charge in [-0.05, 0) is 20.3 Å². The largest absolute Gasteiger partial charge is 0.352 e. The van der Waals surface area contributed by atoms with Crippen molar-refractivity contribution in [2.45, 2.75) is 59.2 Å². The van der Waals surface area contributed by atoms with Crippen LogP contribution in [0.3, 0.4) is 0 Å². The van der Waals surface area contributed by atoms with Gasteiger partial charge in [-0.3, -0.25) is 10.1 Å². The van der Waals surface area contributed by atoms with Crippen LogP contribution in [0.25, 0.3) is 0 Å². The van der Waals surface area contributed by atoms with Crippen LogP contribution in [-0.2, 0) is 11.3 Å². The highest BCUT2D eigenvalue weighted by molar-refractivity contribution is 5.81. The van der Waals surface area contributed by atoms with Gasteiger partial charge < -0.3 is 9.84 Å². The highest BCUT2D eigenvalue weighted by Gasteiger charge is 2.15. The number of rotatable bonds is 7. The van der Waals surface area contributed by atoms with Crippen LogP contribution < -0.4 is 10.6 Å². The number of aryl methyl sites for hydroxylation is 1. The fraction of sp³-hybridized carbons (Fsp3) is 0.750. The summed E-state index contributed by atoms with van der Waals surface area (Å²) in [5, 5.41) is 9.78. The zero-order valence-corrected chi connectivity index (χ0v) is 11.5. The maximum atomic E-state index is 11.8. The molecule has 1 amide bonds. The minimum Gasteiger partial charge on any atom is -0.352 e. The van der Waals surface area contributed by atoms with Gasteiger partial charge in [0.05, 0.1) is 12.6 Å². The molecule has 0 aromatic carbocycles. The third-order valence-electron chi connectivity index (χ3n) is 2.64.